The van der Waals surface area contributed by atoms with Crippen molar-refractivity contribution < 1.29 is 35.1 Å². The van der Waals surface area contributed by atoms with Crippen LogP contribution >= 0.6 is 0 Å². The minimum Gasteiger partial charge on any atom is -0.493 e. The lowest BCUT2D eigenvalue weighted by atomic mass is 9.99. The average Bonchev–Trinajstić information content (AvgIpc) is 3.45. The Balaban J connectivity index is 1.37. The Morgan fingerprint density at radius 1 is 0.944 bits per heavy atom. The van der Waals surface area contributed by atoms with E-state index in [0.29, 0.717) is 28.0 Å². The van der Waals surface area contributed by atoms with Crippen LogP contribution in [-0.2, 0) is 11.3 Å². The zero-order valence-corrected chi connectivity index (χ0v) is 18.8. The lowest BCUT2D eigenvalue weighted by Gasteiger charge is -2.38. The Hall–Kier alpha value is -3.88. The Bertz CT molecular complexity index is 1360. The molecule has 0 spiro atoms. The summed E-state index contributed by atoms with van der Waals surface area (Å²) in [6, 6.07) is 16.5. The first-order valence-corrected chi connectivity index (χ1v) is 11.1. The minimum absolute atomic E-state index is 0.102. The van der Waals surface area contributed by atoms with Gasteiger partial charge in [-0.05, 0) is 23.4 Å². The number of ether oxygens (including phenoxy) is 1. The highest BCUT2D eigenvalue weighted by Crippen LogP contribution is 2.39. The molecule has 5 N–H and O–H groups in total. The number of aromatic nitrogens is 4. The van der Waals surface area contributed by atoms with Crippen LogP contribution in [0.5, 0.6) is 5.88 Å². The van der Waals surface area contributed by atoms with Crippen molar-refractivity contribution in [2.45, 2.75) is 37.3 Å². The molecule has 36 heavy (non-hydrogen) atoms. The van der Waals surface area contributed by atoms with Crippen molar-refractivity contribution in [3.05, 3.63) is 66.5 Å². The number of aliphatic hydroxyl groups excluding tert-OH is 4. The van der Waals surface area contributed by atoms with E-state index in [1.807, 2.05) is 42.5 Å². The highest BCUT2D eigenvalue weighted by Gasteiger charge is 2.45. The van der Waals surface area contributed by atoms with Crippen molar-refractivity contribution in [1.29, 1.82) is 0 Å². The summed E-state index contributed by atoms with van der Waals surface area (Å²) in [5.41, 5.74) is 2.03. The van der Waals surface area contributed by atoms with Crippen molar-refractivity contribution in [2.75, 3.05) is 6.61 Å². The summed E-state index contributed by atoms with van der Waals surface area (Å²) in [7, 11) is 0. The summed E-state index contributed by atoms with van der Waals surface area (Å²) in [6.07, 6.45) is -5.82. The lowest BCUT2D eigenvalue weighted by Crippen LogP contribution is -2.61. The highest BCUT2D eigenvalue weighted by molar-refractivity contribution is 5.95. The van der Waals surface area contributed by atoms with Gasteiger partial charge in [0.15, 0.2) is 5.69 Å². The van der Waals surface area contributed by atoms with Crippen molar-refractivity contribution in [1.82, 2.24) is 19.7 Å². The van der Waals surface area contributed by atoms with Gasteiger partial charge in [-0.1, -0.05) is 41.2 Å². The van der Waals surface area contributed by atoms with E-state index in [1.165, 1.54) is 6.20 Å². The monoisotopic (exact) mass is 496 g/mol. The van der Waals surface area contributed by atoms with Gasteiger partial charge in [-0.25, -0.2) is 0 Å². The normalized spacial score (nSPS) is 24.5. The number of azo groups is 1. The van der Waals surface area contributed by atoms with Crippen molar-refractivity contribution in [3.63, 3.8) is 0 Å². The minimum atomic E-state index is -1.59. The number of rotatable bonds is 7. The number of benzene rings is 2. The van der Waals surface area contributed by atoms with Gasteiger partial charge < -0.3 is 39.7 Å². The fraction of sp³-hybridized carbons (Fsp3) is 0.304. The molecular weight excluding hydrogens is 472 g/mol. The number of para-hydroxylation sites is 1. The van der Waals surface area contributed by atoms with Gasteiger partial charge in [0.25, 0.3) is 6.29 Å². The van der Waals surface area contributed by atoms with Crippen LogP contribution in [0, 0.1) is 0 Å². The predicted molar refractivity (Wildman–Crippen MR) is 124 cm³/mol. The molecule has 2 aromatic heterocycles. The third-order valence-electron chi connectivity index (χ3n) is 5.84. The molecule has 2 aromatic carbocycles. The Labute approximate surface area is 204 Å². The molecule has 1 fully saturated rings. The summed E-state index contributed by atoms with van der Waals surface area (Å²) in [5.74, 6) is -0.111. The second-order valence-electron chi connectivity index (χ2n) is 8.23. The second-order valence-corrected chi connectivity index (χ2v) is 8.23. The van der Waals surface area contributed by atoms with Crippen molar-refractivity contribution in [3.8, 4) is 5.88 Å². The molecule has 5 atom stereocenters. The van der Waals surface area contributed by atoms with E-state index in [-0.39, 0.29) is 12.4 Å². The predicted octanol–water partition coefficient (Wildman–Crippen LogP) is 0.631. The van der Waals surface area contributed by atoms with Gasteiger partial charge in [-0.15, -0.1) is 10.2 Å². The van der Waals surface area contributed by atoms with Crippen LogP contribution in [0.25, 0.3) is 10.9 Å². The smallest absolute Gasteiger partial charge is 0.256 e. The fourth-order valence-corrected chi connectivity index (χ4v) is 3.96. The number of aromatic hydroxyl groups is 1. The van der Waals surface area contributed by atoms with Crippen LogP contribution in [0.15, 0.2) is 71.0 Å². The number of hydrogen-bond acceptors (Lipinski definition) is 11. The molecule has 1 aliphatic rings. The topological polar surface area (TPSA) is 180 Å². The first kappa shape index (κ1) is 23.8. The van der Waals surface area contributed by atoms with E-state index >= 15 is 0 Å². The molecule has 4 aromatic rings. The highest BCUT2D eigenvalue weighted by atomic mass is 16.8. The van der Waals surface area contributed by atoms with Crippen LogP contribution in [-0.4, -0.2) is 82.6 Å². The Morgan fingerprint density at radius 2 is 1.69 bits per heavy atom. The van der Waals surface area contributed by atoms with Crippen LogP contribution < -0.4 is 4.84 Å². The molecule has 0 aliphatic carbocycles. The summed E-state index contributed by atoms with van der Waals surface area (Å²) < 4.78 is 6.91. The van der Waals surface area contributed by atoms with E-state index in [1.54, 1.807) is 16.7 Å². The van der Waals surface area contributed by atoms with Gasteiger partial charge in [-0.2, -0.15) is 5.11 Å². The maximum Gasteiger partial charge on any atom is 0.256 e. The number of fused-ring (bicyclic) bond motifs is 1. The molecule has 0 amide bonds. The maximum absolute atomic E-state index is 11.0. The SMILES string of the molecule is OC[C@H]1O[C@@H](On2cc(Cn3c(O)c(N=Nc4ccccc4)c4ccccc43)nn2)[C@H](O)[C@@H](O)[C@H]1O. The molecular formula is C23H24N6O7. The number of hydrogen-bond donors (Lipinski definition) is 5. The van der Waals surface area contributed by atoms with E-state index in [0.717, 1.165) is 4.85 Å². The number of nitrogens with zero attached hydrogens (tertiary/aromatic N) is 6. The van der Waals surface area contributed by atoms with Gasteiger partial charge in [0, 0.05) is 5.39 Å². The van der Waals surface area contributed by atoms with Gasteiger partial charge in [0.1, 0.15) is 30.1 Å². The fourth-order valence-electron chi connectivity index (χ4n) is 3.96. The maximum atomic E-state index is 11.0. The Morgan fingerprint density at radius 3 is 2.47 bits per heavy atom. The average molecular weight is 496 g/mol. The standard InChI is InChI=1S/C23H24N6O7/c30-12-17-19(31)20(32)21(33)23(35-17)36-29-11-14(25-27-29)10-28-16-9-5-4-8-15(16)18(22(28)34)26-24-13-6-2-1-3-7-13/h1-9,11,17,19-21,23,30-34H,10,12H2/t17-,19+,20+,21-,23+/m1/s1. The van der Waals surface area contributed by atoms with Crippen LogP contribution in [0.4, 0.5) is 11.4 Å². The third kappa shape index (κ3) is 4.53. The first-order valence-electron chi connectivity index (χ1n) is 11.1. The van der Waals surface area contributed by atoms with Crippen LogP contribution in [0.1, 0.15) is 5.69 Å². The molecule has 5 rings (SSSR count). The molecule has 0 radical (unpaired) electrons. The molecule has 0 unspecified atom stereocenters. The van der Waals surface area contributed by atoms with Gasteiger partial charge in [-0.3, -0.25) is 0 Å². The zero-order chi connectivity index (χ0) is 25.2. The number of aliphatic hydroxyl groups is 4. The summed E-state index contributed by atoms with van der Waals surface area (Å²) in [6.45, 7) is -0.484. The molecule has 1 aliphatic heterocycles. The van der Waals surface area contributed by atoms with Crippen molar-refractivity contribution in [2.24, 2.45) is 10.2 Å². The molecule has 0 saturated carbocycles. The van der Waals surface area contributed by atoms with Gasteiger partial charge in [0.05, 0.1) is 30.6 Å². The summed E-state index contributed by atoms with van der Waals surface area (Å²) >= 11 is 0. The quantitative estimate of drug-likeness (QED) is 0.229. The molecule has 1 saturated heterocycles. The molecule has 3 heterocycles. The van der Waals surface area contributed by atoms with E-state index in [2.05, 4.69) is 20.5 Å². The van der Waals surface area contributed by atoms with Gasteiger partial charge >= 0.3 is 0 Å². The molecule has 188 valence electrons. The van der Waals surface area contributed by atoms with Crippen LogP contribution in [0.2, 0.25) is 0 Å². The van der Waals surface area contributed by atoms with E-state index in [4.69, 9.17) is 9.57 Å². The first-order chi connectivity index (χ1) is 17.5. The summed E-state index contributed by atoms with van der Waals surface area (Å²) in [5, 5.41) is 67.3. The summed E-state index contributed by atoms with van der Waals surface area (Å²) in [4.78, 5) is 6.36. The third-order valence-corrected chi connectivity index (χ3v) is 5.84. The molecule has 0 bridgehead atoms. The van der Waals surface area contributed by atoms with E-state index in [9.17, 15) is 25.5 Å². The van der Waals surface area contributed by atoms with Crippen LogP contribution in [0.3, 0.4) is 0 Å². The Kier molecular flexibility index (Phi) is 6.63. The second kappa shape index (κ2) is 10.0. The largest absolute Gasteiger partial charge is 0.493 e. The zero-order valence-electron chi connectivity index (χ0n) is 18.8. The van der Waals surface area contributed by atoms with E-state index < -0.39 is 37.3 Å². The molecule has 13 heteroatoms. The molecule has 13 nitrogen and oxygen atoms in total. The lowest BCUT2D eigenvalue weighted by molar-refractivity contribution is -0.303. The van der Waals surface area contributed by atoms with Crippen molar-refractivity contribution >= 4 is 22.3 Å². The van der Waals surface area contributed by atoms with Gasteiger partial charge in [0.2, 0.25) is 5.88 Å².